The van der Waals surface area contributed by atoms with Gasteiger partial charge in [-0.05, 0) is 36.8 Å². The van der Waals surface area contributed by atoms with Crippen molar-refractivity contribution in [3.8, 4) is 0 Å². The molecule has 0 radical (unpaired) electrons. The summed E-state index contributed by atoms with van der Waals surface area (Å²) in [5, 5.41) is 3.84. The van der Waals surface area contributed by atoms with Crippen molar-refractivity contribution >= 4 is 40.2 Å². The summed E-state index contributed by atoms with van der Waals surface area (Å²) in [5.41, 5.74) is 2.15. The molecule has 130 valence electrons. The van der Waals surface area contributed by atoms with Crippen molar-refractivity contribution in [3.05, 3.63) is 66.4 Å². The molecule has 0 unspecified atom stereocenters. The van der Waals surface area contributed by atoms with E-state index in [1.165, 1.54) is 6.08 Å². The highest BCUT2D eigenvalue weighted by Crippen LogP contribution is 2.29. The molecule has 1 fully saturated rings. The van der Waals surface area contributed by atoms with Gasteiger partial charge < -0.3 is 14.6 Å². The molecule has 2 heterocycles. The Morgan fingerprint density at radius 1 is 1.12 bits per heavy atom. The Morgan fingerprint density at radius 2 is 1.92 bits per heavy atom. The molecular weight excluding hydrogens is 328 g/mol. The topological polar surface area (TPSA) is 62.6 Å². The molecular formula is C21H18N2O3. The van der Waals surface area contributed by atoms with E-state index in [4.69, 9.17) is 4.42 Å². The highest BCUT2D eigenvalue weighted by atomic mass is 16.3. The number of fused-ring (bicyclic) bond motifs is 1. The number of hydrogen-bond donors (Lipinski definition) is 1. The van der Waals surface area contributed by atoms with Gasteiger partial charge in [0.1, 0.15) is 11.3 Å². The summed E-state index contributed by atoms with van der Waals surface area (Å²) in [6, 6.07) is 16.9. The van der Waals surface area contributed by atoms with Gasteiger partial charge in [0.15, 0.2) is 0 Å². The second kappa shape index (κ2) is 6.88. The molecule has 1 aliphatic heterocycles. The molecule has 26 heavy (non-hydrogen) atoms. The number of benzene rings is 2. The van der Waals surface area contributed by atoms with Gasteiger partial charge in [0.25, 0.3) is 0 Å². The fraction of sp³-hybridized carbons (Fsp3) is 0.143. The minimum Gasteiger partial charge on any atom is -0.457 e. The van der Waals surface area contributed by atoms with Gasteiger partial charge >= 0.3 is 0 Å². The van der Waals surface area contributed by atoms with Crippen LogP contribution in [0.5, 0.6) is 0 Å². The average Bonchev–Trinajstić information content (AvgIpc) is 3.26. The van der Waals surface area contributed by atoms with E-state index in [2.05, 4.69) is 5.32 Å². The lowest BCUT2D eigenvalue weighted by Crippen LogP contribution is -2.25. The Kier molecular flexibility index (Phi) is 4.27. The molecule has 0 aliphatic carbocycles. The minimum absolute atomic E-state index is 0.0875. The van der Waals surface area contributed by atoms with Crippen LogP contribution >= 0.6 is 0 Å². The minimum atomic E-state index is -0.274. The van der Waals surface area contributed by atoms with Crippen molar-refractivity contribution in [2.24, 2.45) is 0 Å². The molecule has 2 aromatic carbocycles. The van der Waals surface area contributed by atoms with E-state index >= 15 is 0 Å². The van der Waals surface area contributed by atoms with Crippen LogP contribution in [0.25, 0.3) is 17.0 Å². The molecule has 5 heteroatoms. The van der Waals surface area contributed by atoms with E-state index in [1.54, 1.807) is 17.0 Å². The number of nitrogens with one attached hydrogen (secondary N) is 1. The number of rotatable bonds is 4. The summed E-state index contributed by atoms with van der Waals surface area (Å²) in [4.78, 5) is 26.0. The van der Waals surface area contributed by atoms with Gasteiger partial charge in [0.2, 0.25) is 11.8 Å². The highest BCUT2D eigenvalue weighted by molar-refractivity contribution is 6.06. The summed E-state index contributed by atoms with van der Waals surface area (Å²) in [5.74, 6) is 0.429. The molecule has 2 amide bonds. The normalized spacial score (nSPS) is 14.5. The highest BCUT2D eigenvalue weighted by Gasteiger charge is 2.23. The second-order valence-electron chi connectivity index (χ2n) is 6.18. The fourth-order valence-electron chi connectivity index (χ4n) is 3.13. The molecule has 1 aliphatic rings. The second-order valence-corrected chi connectivity index (χ2v) is 6.18. The predicted octanol–water partition coefficient (Wildman–Crippen LogP) is 4.21. The first-order chi connectivity index (χ1) is 12.7. The van der Waals surface area contributed by atoms with E-state index in [0.717, 1.165) is 23.1 Å². The van der Waals surface area contributed by atoms with Crippen molar-refractivity contribution in [1.29, 1.82) is 0 Å². The Morgan fingerprint density at radius 3 is 2.73 bits per heavy atom. The van der Waals surface area contributed by atoms with Gasteiger partial charge in [0, 0.05) is 24.4 Å². The lowest BCUT2D eigenvalue weighted by molar-refractivity contribution is -0.117. The summed E-state index contributed by atoms with van der Waals surface area (Å²) >= 11 is 0. The molecule has 0 atom stereocenters. The van der Waals surface area contributed by atoms with Crippen LogP contribution in [0.15, 0.2) is 65.1 Å². The van der Waals surface area contributed by atoms with Gasteiger partial charge in [-0.3, -0.25) is 9.59 Å². The number of carbonyl (C=O) groups excluding carboxylic acids is 2. The zero-order chi connectivity index (χ0) is 17.9. The summed E-state index contributed by atoms with van der Waals surface area (Å²) in [6.07, 6.45) is 4.46. The molecule has 5 nitrogen and oxygen atoms in total. The maximum Gasteiger partial charge on any atom is 0.248 e. The van der Waals surface area contributed by atoms with Crippen LogP contribution in [0.3, 0.4) is 0 Å². The molecule has 1 N–H and O–H groups in total. The van der Waals surface area contributed by atoms with E-state index in [0.29, 0.717) is 24.4 Å². The Hall–Kier alpha value is -3.34. The van der Waals surface area contributed by atoms with Crippen LogP contribution in [0.1, 0.15) is 18.6 Å². The van der Waals surface area contributed by atoms with Crippen LogP contribution in [-0.4, -0.2) is 18.4 Å². The van der Waals surface area contributed by atoms with Gasteiger partial charge in [-0.25, -0.2) is 0 Å². The van der Waals surface area contributed by atoms with Crippen molar-refractivity contribution in [2.45, 2.75) is 12.8 Å². The number of amides is 2. The standard InChI is InChI=1S/C21H18N2O3/c24-20(12-11-16-14-15-6-1-4-9-19(15)26-16)22-17-7-2-3-8-18(17)23-13-5-10-21(23)25/h1-4,6-9,11-12,14H,5,10,13H2,(H,22,24)/b12-11+. The van der Waals surface area contributed by atoms with Crippen LogP contribution < -0.4 is 10.2 Å². The van der Waals surface area contributed by atoms with Crippen LogP contribution in [0.4, 0.5) is 11.4 Å². The van der Waals surface area contributed by atoms with E-state index < -0.39 is 0 Å². The lowest BCUT2D eigenvalue weighted by Gasteiger charge is -2.19. The summed E-state index contributed by atoms with van der Waals surface area (Å²) in [7, 11) is 0. The summed E-state index contributed by atoms with van der Waals surface area (Å²) in [6.45, 7) is 0.681. The molecule has 4 rings (SSSR count). The summed E-state index contributed by atoms with van der Waals surface area (Å²) < 4.78 is 5.67. The number of para-hydroxylation sites is 3. The Labute approximate surface area is 150 Å². The van der Waals surface area contributed by atoms with Crippen molar-refractivity contribution in [1.82, 2.24) is 0 Å². The lowest BCUT2D eigenvalue weighted by atomic mass is 10.2. The first-order valence-electron chi connectivity index (χ1n) is 8.58. The smallest absolute Gasteiger partial charge is 0.248 e. The zero-order valence-electron chi connectivity index (χ0n) is 14.1. The monoisotopic (exact) mass is 346 g/mol. The third kappa shape index (κ3) is 3.24. The number of hydrogen-bond acceptors (Lipinski definition) is 3. The van der Waals surface area contributed by atoms with Crippen LogP contribution in [0, 0.1) is 0 Å². The van der Waals surface area contributed by atoms with Gasteiger partial charge in [-0.1, -0.05) is 30.3 Å². The number of nitrogens with zero attached hydrogens (tertiary/aromatic N) is 1. The maximum absolute atomic E-state index is 12.3. The average molecular weight is 346 g/mol. The molecule has 0 spiro atoms. The van der Waals surface area contributed by atoms with Crippen LogP contribution in [-0.2, 0) is 9.59 Å². The fourth-order valence-corrected chi connectivity index (χ4v) is 3.13. The first kappa shape index (κ1) is 16.1. The largest absolute Gasteiger partial charge is 0.457 e. The number of anilines is 2. The zero-order valence-corrected chi connectivity index (χ0v) is 14.1. The molecule has 0 saturated carbocycles. The molecule has 1 saturated heterocycles. The van der Waals surface area contributed by atoms with Gasteiger partial charge in [0.05, 0.1) is 11.4 Å². The maximum atomic E-state index is 12.3. The van der Waals surface area contributed by atoms with Gasteiger partial charge in [-0.2, -0.15) is 0 Å². The van der Waals surface area contributed by atoms with Crippen molar-refractivity contribution in [2.75, 3.05) is 16.8 Å². The third-order valence-corrected chi connectivity index (χ3v) is 4.37. The Balaban J connectivity index is 1.50. The Bertz CT molecular complexity index is 970. The van der Waals surface area contributed by atoms with E-state index in [9.17, 15) is 9.59 Å². The van der Waals surface area contributed by atoms with Gasteiger partial charge in [-0.15, -0.1) is 0 Å². The molecule has 1 aromatic heterocycles. The quantitative estimate of drug-likeness (QED) is 0.720. The van der Waals surface area contributed by atoms with E-state index in [1.807, 2.05) is 48.5 Å². The first-order valence-corrected chi connectivity index (χ1v) is 8.58. The SMILES string of the molecule is O=C(/C=C/c1cc2ccccc2o1)Nc1ccccc1N1CCCC1=O. The van der Waals surface area contributed by atoms with E-state index in [-0.39, 0.29) is 11.8 Å². The van der Waals surface area contributed by atoms with Crippen molar-refractivity contribution in [3.63, 3.8) is 0 Å². The van der Waals surface area contributed by atoms with Crippen molar-refractivity contribution < 1.29 is 14.0 Å². The third-order valence-electron chi connectivity index (χ3n) is 4.37. The number of carbonyl (C=O) groups is 2. The molecule has 3 aromatic rings. The van der Waals surface area contributed by atoms with Crippen LogP contribution in [0.2, 0.25) is 0 Å². The predicted molar refractivity (Wildman–Crippen MR) is 102 cm³/mol. The molecule has 0 bridgehead atoms. The number of furan rings is 1.